The molecule has 0 aliphatic carbocycles. The Kier molecular flexibility index (Phi) is 17.5. The smallest absolute Gasteiger partial charge is 0.102 e. The molecule has 5 heteroatoms. The number of nitrogens with zero attached hydrogens (tertiary/aromatic N) is 1. The van der Waals surface area contributed by atoms with Gasteiger partial charge in [-0.05, 0) is 48.9 Å². The van der Waals surface area contributed by atoms with Crippen molar-refractivity contribution in [2.75, 3.05) is 12.5 Å². The van der Waals surface area contributed by atoms with Gasteiger partial charge in [0, 0.05) is 20.4 Å². The zero-order valence-corrected chi connectivity index (χ0v) is 22.4. The third kappa shape index (κ3) is 12.4. The molecule has 0 amide bonds. The van der Waals surface area contributed by atoms with Crippen LogP contribution in [0.5, 0.6) is 0 Å². The summed E-state index contributed by atoms with van der Waals surface area (Å²) in [4.78, 5) is 0. The standard InChI is InChI=1S/C18H15P.C5H5.C3H8S.NO.Re/c1-4-10-16(11-5-1)19(17-12-6-2-7-13-17)18-14-8-3-9-15-18;1-2-4-5-3-1;1-4(2)3;1-2;/h1-15H;1-5H;1H2,2-3H3;;/q;-1;;+1;/p+1. The van der Waals surface area contributed by atoms with Gasteiger partial charge < -0.3 is 0 Å². The Morgan fingerprint density at radius 3 is 1.10 bits per heavy atom. The molecule has 4 aromatic carbocycles. The summed E-state index contributed by atoms with van der Waals surface area (Å²) in [7, 11) is -0.488. The molecule has 31 heavy (non-hydrogen) atoms. The first-order chi connectivity index (χ1) is 14.7. The molecule has 0 heterocycles. The normalized spacial score (nSPS) is 8.97. The maximum absolute atomic E-state index is 7.25. The molecule has 4 aromatic rings. The molecule has 0 bridgehead atoms. The van der Waals surface area contributed by atoms with Crippen LogP contribution in [0.15, 0.2) is 121 Å². The fourth-order valence-electron chi connectivity index (χ4n) is 2.64. The van der Waals surface area contributed by atoms with Gasteiger partial charge in [-0.3, -0.25) is 0 Å². The van der Waals surface area contributed by atoms with E-state index in [-0.39, 0.29) is 20.4 Å². The molecule has 0 atom stereocenters. The minimum atomic E-state index is -0.877. The third-order valence-electron chi connectivity index (χ3n) is 3.74. The first-order valence-corrected chi connectivity index (χ1v) is 13.1. The molecular weight excluding hydrogens is 592 g/mol. The average Bonchev–Trinajstić information content (AvgIpc) is 3.38. The Morgan fingerprint density at radius 1 is 0.645 bits per heavy atom. The van der Waals surface area contributed by atoms with E-state index in [0.29, 0.717) is 10.5 Å². The van der Waals surface area contributed by atoms with Crippen LogP contribution in [-0.4, -0.2) is 18.4 Å². The predicted octanol–water partition coefficient (Wildman–Crippen LogP) is 5.42. The number of hydrogen-bond acceptors (Lipinski definition) is 1. The summed E-state index contributed by atoms with van der Waals surface area (Å²) in [5, 5.41) is 4.31. The van der Waals surface area contributed by atoms with Crippen LogP contribution in [0.4, 0.5) is 0 Å². The first kappa shape index (κ1) is 29.0. The van der Waals surface area contributed by atoms with Crippen molar-refractivity contribution >= 4 is 40.2 Å². The van der Waals surface area contributed by atoms with Crippen LogP contribution in [0.3, 0.4) is 0 Å². The van der Waals surface area contributed by atoms with Crippen LogP contribution >= 0.6 is 18.4 Å². The zero-order chi connectivity index (χ0) is 22.0. The van der Waals surface area contributed by atoms with E-state index in [9.17, 15) is 0 Å². The summed E-state index contributed by atoms with van der Waals surface area (Å²) < 4.78 is 7.25. The third-order valence-corrected chi connectivity index (χ3v) is 6.47. The average molecular weight is 621 g/mol. The van der Waals surface area contributed by atoms with E-state index in [1.54, 1.807) is 0 Å². The molecule has 0 aromatic heterocycles. The summed E-state index contributed by atoms with van der Waals surface area (Å²) in [6.45, 7) is 0. The molecule has 4 rings (SSSR count). The summed E-state index contributed by atoms with van der Waals surface area (Å²) in [5.74, 6) is 3.67. The Bertz CT molecular complexity index is 831. The van der Waals surface area contributed by atoms with Crippen LogP contribution < -0.4 is 15.9 Å². The molecule has 161 valence electrons. The van der Waals surface area contributed by atoms with Crippen molar-refractivity contribution in [3.63, 3.8) is 0 Å². The first-order valence-electron chi connectivity index (χ1n) is 9.44. The maximum Gasteiger partial charge on any atom is 0.102 e. The summed E-state index contributed by atoms with van der Waals surface area (Å²) in [5.41, 5.74) is 5.75. The minimum absolute atomic E-state index is 0. The summed E-state index contributed by atoms with van der Waals surface area (Å²) in [6, 6.07) is 42.5. The van der Waals surface area contributed by atoms with Crippen molar-refractivity contribution < 1.29 is 25.2 Å². The Balaban J connectivity index is 0.000000626. The van der Waals surface area contributed by atoms with E-state index in [0.717, 1.165) is 0 Å². The van der Waals surface area contributed by atoms with Gasteiger partial charge in [0.2, 0.25) is 0 Å². The van der Waals surface area contributed by atoms with E-state index in [1.807, 2.05) is 30.3 Å². The van der Waals surface area contributed by atoms with Gasteiger partial charge >= 0.3 is 10.2 Å². The van der Waals surface area contributed by atoms with Crippen molar-refractivity contribution in [3.05, 3.63) is 121 Å². The van der Waals surface area contributed by atoms with Gasteiger partial charge in [0.15, 0.2) is 0 Å². The molecule has 0 aliphatic rings. The maximum atomic E-state index is 7.25. The van der Waals surface area contributed by atoms with Crippen LogP contribution in [0, 0.1) is 5.46 Å². The second-order valence-electron chi connectivity index (χ2n) is 6.42. The zero-order valence-electron chi connectivity index (χ0n) is 17.9. The van der Waals surface area contributed by atoms with Gasteiger partial charge in [-0.1, -0.05) is 60.5 Å². The number of benzene rings is 3. The Morgan fingerprint density at radius 2 is 0.903 bits per heavy atom. The minimum Gasteiger partial charge on any atom is -0.214 e. The molecular formula is C26H29NOPReS+. The molecule has 0 saturated carbocycles. The van der Waals surface area contributed by atoms with Crippen molar-refractivity contribution in [2.24, 2.45) is 0 Å². The fraction of sp³-hybridized carbons (Fsp3) is 0.0769. The van der Waals surface area contributed by atoms with Crippen molar-refractivity contribution in [2.45, 2.75) is 0 Å². The quantitative estimate of drug-likeness (QED) is 0.131. The van der Waals surface area contributed by atoms with Crippen molar-refractivity contribution in [1.82, 2.24) is 0 Å². The Hall–Kier alpha value is -2.01. The van der Waals surface area contributed by atoms with E-state index in [2.05, 4.69) is 109 Å². The van der Waals surface area contributed by atoms with E-state index < -0.39 is 7.92 Å². The Labute approximate surface area is 203 Å². The van der Waals surface area contributed by atoms with Gasteiger partial charge in [0.25, 0.3) is 0 Å². The van der Waals surface area contributed by atoms with Crippen molar-refractivity contribution in [3.8, 4) is 0 Å². The molecule has 0 saturated heterocycles. The largest absolute Gasteiger partial charge is 0.214 e. The van der Waals surface area contributed by atoms with Gasteiger partial charge in [-0.15, -0.1) is 0 Å². The van der Waals surface area contributed by atoms with Crippen LogP contribution in [0.25, 0.3) is 0 Å². The topological polar surface area (TPSA) is 43.7 Å². The SMILES string of the molecule is C=S(C)C.N#[O+].[Re].c1cc[cH-]c1.c1ccc([PH+](c2ccccc2)c2ccccc2)cc1. The van der Waals surface area contributed by atoms with Gasteiger partial charge in [-0.2, -0.15) is 28.7 Å². The monoisotopic (exact) mass is 621 g/mol. The van der Waals surface area contributed by atoms with Crippen LogP contribution in [0.2, 0.25) is 0 Å². The van der Waals surface area contributed by atoms with E-state index in [1.165, 1.54) is 15.9 Å². The van der Waals surface area contributed by atoms with Gasteiger partial charge in [-0.25, -0.2) is 12.1 Å². The van der Waals surface area contributed by atoms with Crippen LogP contribution in [0.1, 0.15) is 0 Å². The second kappa shape index (κ2) is 18.7. The second-order valence-corrected chi connectivity index (χ2v) is 10.9. The molecule has 2 nitrogen and oxygen atoms in total. The number of hydrogen-bond donors (Lipinski definition) is 0. The molecule has 0 fully saturated rings. The van der Waals surface area contributed by atoms with Gasteiger partial charge in [0.05, 0.1) is 7.92 Å². The van der Waals surface area contributed by atoms with Gasteiger partial charge in [0.1, 0.15) is 15.9 Å². The van der Waals surface area contributed by atoms with Crippen LogP contribution in [-0.2, 0) is 25.2 Å². The predicted molar refractivity (Wildman–Crippen MR) is 138 cm³/mol. The molecule has 0 spiro atoms. The fourth-order valence-corrected chi connectivity index (χ4v) is 5.21. The molecule has 0 unspecified atom stereocenters. The van der Waals surface area contributed by atoms with E-state index >= 15 is 0 Å². The van der Waals surface area contributed by atoms with Crippen molar-refractivity contribution in [1.29, 1.82) is 5.46 Å². The summed E-state index contributed by atoms with van der Waals surface area (Å²) in [6.07, 6.45) is 4.17. The number of rotatable bonds is 3. The molecule has 0 aliphatic heterocycles. The molecule has 0 N–H and O–H groups in total. The summed E-state index contributed by atoms with van der Waals surface area (Å²) >= 11 is 0. The molecule has 1 radical (unpaired) electrons. The van der Waals surface area contributed by atoms with E-state index in [4.69, 9.17) is 10.2 Å².